The molecule has 116 valence electrons. The second-order valence-corrected chi connectivity index (χ2v) is 5.18. The second kappa shape index (κ2) is 7.33. The number of carbonyl (C=O) groups is 1. The van der Waals surface area contributed by atoms with Crippen LogP contribution in [0.5, 0.6) is 0 Å². The van der Waals surface area contributed by atoms with E-state index in [2.05, 4.69) is 9.89 Å². The predicted molar refractivity (Wildman–Crippen MR) is 83.5 cm³/mol. The summed E-state index contributed by atoms with van der Waals surface area (Å²) < 4.78 is 9.80. The van der Waals surface area contributed by atoms with Crippen molar-refractivity contribution in [3.05, 3.63) is 57.5 Å². The first-order valence-electron chi connectivity index (χ1n) is 6.30. The number of carbonyl (C=O) groups excluding carboxylic acids is 1. The second-order valence-electron chi connectivity index (χ2n) is 4.33. The lowest BCUT2D eigenvalue weighted by atomic mass is 10.1. The van der Waals surface area contributed by atoms with Gasteiger partial charge in [0, 0.05) is 10.6 Å². The van der Waals surface area contributed by atoms with Gasteiger partial charge in [-0.2, -0.15) is 0 Å². The number of esters is 1. The third-order valence-electron chi connectivity index (χ3n) is 2.78. The van der Waals surface area contributed by atoms with E-state index in [-0.39, 0.29) is 12.4 Å². The number of ether oxygens (including phenoxy) is 1. The molecule has 0 aliphatic heterocycles. The topological polar surface area (TPSA) is 61.0 Å². The third kappa shape index (κ3) is 4.02. The molecule has 0 aliphatic rings. The van der Waals surface area contributed by atoms with Gasteiger partial charge in [-0.3, -0.25) is 0 Å². The lowest BCUT2D eigenvalue weighted by Crippen LogP contribution is -1.99. The molecule has 0 radical (unpaired) electrons. The molecule has 7 heteroatoms. The normalized spacial score (nSPS) is 11.4. The highest BCUT2D eigenvalue weighted by molar-refractivity contribution is 6.36. The number of oxime groups is 1. The average molecular weight is 342 g/mol. The number of hydrogen-bond donors (Lipinski definition) is 0. The number of furan rings is 1. The Morgan fingerprint density at radius 1 is 1.27 bits per heavy atom. The number of rotatable bonds is 5. The molecule has 22 heavy (non-hydrogen) atoms. The van der Waals surface area contributed by atoms with E-state index in [4.69, 9.17) is 32.5 Å². The Bertz CT molecular complexity index is 709. The zero-order valence-electron chi connectivity index (χ0n) is 11.9. The molecule has 1 heterocycles. The van der Waals surface area contributed by atoms with Gasteiger partial charge in [0.1, 0.15) is 5.76 Å². The van der Waals surface area contributed by atoms with Crippen LogP contribution in [0.15, 0.2) is 39.9 Å². The molecule has 0 fully saturated rings. The van der Waals surface area contributed by atoms with Crippen molar-refractivity contribution >= 4 is 34.9 Å². The molecule has 5 nitrogen and oxygen atoms in total. The van der Waals surface area contributed by atoms with Gasteiger partial charge in [-0.25, -0.2) is 4.79 Å². The maximum Gasteiger partial charge on any atom is 0.373 e. The first-order chi connectivity index (χ1) is 10.5. The Labute approximate surface area is 137 Å². The van der Waals surface area contributed by atoms with Gasteiger partial charge < -0.3 is 14.0 Å². The van der Waals surface area contributed by atoms with E-state index < -0.39 is 5.97 Å². The summed E-state index contributed by atoms with van der Waals surface area (Å²) in [6, 6.07) is 8.24. The average Bonchev–Trinajstić information content (AvgIpc) is 2.95. The largest absolute Gasteiger partial charge is 0.463 e. The number of nitrogens with zero attached hydrogens (tertiary/aromatic N) is 1. The Balaban J connectivity index is 1.99. The van der Waals surface area contributed by atoms with Gasteiger partial charge in [-0.15, -0.1) is 0 Å². The van der Waals surface area contributed by atoms with Crippen LogP contribution < -0.4 is 0 Å². The molecule has 0 unspecified atom stereocenters. The van der Waals surface area contributed by atoms with Crippen molar-refractivity contribution in [3.63, 3.8) is 0 Å². The summed E-state index contributed by atoms with van der Waals surface area (Å²) >= 11 is 11.9. The first-order valence-corrected chi connectivity index (χ1v) is 7.06. The Hall–Kier alpha value is -1.98. The van der Waals surface area contributed by atoms with Gasteiger partial charge >= 0.3 is 5.97 Å². The van der Waals surface area contributed by atoms with Crippen LogP contribution in [0.25, 0.3) is 0 Å². The van der Waals surface area contributed by atoms with Crippen molar-refractivity contribution in [2.75, 3.05) is 7.11 Å². The molecule has 2 rings (SSSR count). The van der Waals surface area contributed by atoms with Crippen molar-refractivity contribution in [1.82, 2.24) is 0 Å². The highest BCUT2D eigenvalue weighted by Gasteiger charge is 2.11. The van der Waals surface area contributed by atoms with Crippen LogP contribution >= 0.6 is 23.2 Å². The molecule has 0 saturated carbocycles. The van der Waals surface area contributed by atoms with E-state index in [1.165, 1.54) is 13.2 Å². The van der Waals surface area contributed by atoms with Crippen molar-refractivity contribution < 1.29 is 18.8 Å². The quantitative estimate of drug-likeness (QED) is 0.461. The van der Waals surface area contributed by atoms with Gasteiger partial charge in [0.2, 0.25) is 5.76 Å². The van der Waals surface area contributed by atoms with E-state index in [9.17, 15) is 4.79 Å². The molecule has 1 aromatic carbocycles. The Morgan fingerprint density at radius 3 is 2.73 bits per heavy atom. The van der Waals surface area contributed by atoms with Crippen LogP contribution in [0.3, 0.4) is 0 Å². The van der Waals surface area contributed by atoms with E-state index >= 15 is 0 Å². The molecule has 0 saturated heterocycles. The third-order valence-corrected chi connectivity index (χ3v) is 3.33. The van der Waals surface area contributed by atoms with Crippen LogP contribution in [-0.4, -0.2) is 18.8 Å². The molecule has 2 aromatic rings. The number of methoxy groups -OCH3 is 1. The summed E-state index contributed by atoms with van der Waals surface area (Å²) in [5.41, 5.74) is 1.32. The fraction of sp³-hybridized carbons (Fsp3) is 0.200. The molecular formula is C15H13Cl2NO4. The first kappa shape index (κ1) is 16.4. The number of benzene rings is 1. The maximum atomic E-state index is 11.2. The van der Waals surface area contributed by atoms with E-state index in [0.29, 0.717) is 21.5 Å². The molecule has 0 N–H and O–H groups in total. The van der Waals surface area contributed by atoms with Crippen LogP contribution in [-0.2, 0) is 16.2 Å². The highest BCUT2D eigenvalue weighted by Crippen LogP contribution is 2.21. The standard InChI is InChI=1S/C15H13Cl2NO4/c1-9(12-5-3-10(16)7-13(12)17)18-21-8-11-4-6-14(22-11)15(19)20-2/h3-7H,8H2,1-2H3. The van der Waals surface area contributed by atoms with Gasteiger partial charge in [0.25, 0.3) is 0 Å². The summed E-state index contributed by atoms with van der Waals surface area (Å²) in [7, 11) is 1.28. The summed E-state index contributed by atoms with van der Waals surface area (Å²) in [5, 5.41) is 5.01. The molecule has 0 aliphatic carbocycles. The van der Waals surface area contributed by atoms with Crippen molar-refractivity contribution in [3.8, 4) is 0 Å². The molecule has 0 spiro atoms. The SMILES string of the molecule is COC(=O)c1ccc(CON=C(C)c2ccc(Cl)cc2Cl)o1. The molecule has 0 bridgehead atoms. The fourth-order valence-electron chi connectivity index (χ4n) is 1.69. The maximum absolute atomic E-state index is 11.2. The van der Waals surface area contributed by atoms with E-state index in [1.807, 2.05) is 0 Å². The summed E-state index contributed by atoms with van der Waals surface area (Å²) in [4.78, 5) is 16.4. The monoisotopic (exact) mass is 341 g/mol. The number of hydrogen-bond acceptors (Lipinski definition) is 5. The minimum atomic E-state index is -0.543. The van der Waals surface area contributed by atoms with Crippen molar-refractivity contribution in [2.24, 2.45) is 5.16 Å². The van der Waals surface area contributed by atoms with E-state index in [1.54, 1.807) is 31.2 Å². The van der Waals surface area contributed by atoms with Crippen LogP contribution in [0.2, 0.25) is 10.0 Å². The smallest absolute Gasteiger partial charge is 0.373 e. The minimum absolute atomic E-state index is 0.0829. The van der Waals surface area contributed by atoms with Gasteiger partial charge in [-0.1, -0.05) is 34.4 Å². The fourth-order valence-corrected chi connectivity index (χ4v) is 2.24. The summed E-state index contributed by atoms with van der Waals surface area (Å²) in [6.45, 7) is 1.84. The van der Waals surface area contributed by atoms with Crippen molar-refractivity contribution in [1.29, 1.82) is 0 Å². The molecule has 0 atom stereocenters. The highest BCUT2D eigenvalue weighted by atomic mass is 35.5. The van der Waals surface area contributed by atoms with Crippen molar-refractivity contribution in [2.45, 2.75) is 13.5 Å². The number of halogens is 2. The zero-order chi connectivity index (χ0) is 16.1. The molecular weight excluding hydrogens is 329 g/mol. The summed E-state index contributed by atoms with van der Waals surface area (Å²) in [5.74, 6) is 0.0283. The van der Waals surface area contributed by atoms with Crippen LogP contribution in [0.1, 0.15) is 28.8 Å². The Kier molecular flexibility index (Phi) is 5.46. The van der Waals surface area contributed by atoms with Crippen LogP contribution in [0, 0.1) is 0 Å². The molecule has 0 amide bonds. The predicted octanol–water partition coefficient (Wildman–Crippen LogP) is 4.31. The van der Waals surface area contributed by atoms with E-state index in [0.717, 1.165) is 5.56 Å². The molecule has 1 aromatic heterocycles. The van der Waals surface area contributed by atoms with Gasteiger partial charge in [0.15, 0.2) is 6.61 Å². The van der Waals surface area contributed by atoms with Gasteiger partial charge in [0.05, 0.1) is 17.8 Å². The lowest BCUT2D eigenvalue weighted by molar-refractivity contribution is 0.0553. The van der Waals surface area contributed by atoms with Gasteiger partial charge in [-0.05, 0) is 31.2 Å². The zero-order valence-corrected chi connectivity index (χ0v) is 13.4. The minimum Gasteiger partial charge on any atom is -0.463 e. The Morgan fingerprint density at radius 2 is 2.05 bits per heavy atom. The lowest BCUT2D eigenvalue weighted by Gasteiger charge is -2.04. The van der Waals surface area contributed by atoms with Crippen LogP contribution in [0.4, 0.5) is 0 Å². The summed E-state index contributed by atoms with van der Waals surface area (Å²) in [6.07, 6.45) is 0.